The highest BCUT2D eigenvalue weighted by molar-refractivity contribution is 7.89. The molecule has 0 aromatic heterocycles. The van der Waals surface area contributed by atoms with Gasteiger partial charge in [-0.3, -0.25) is 0 Å². The second-order valence-electron chi connectivity index (χ2n) is 5.12. The molecule has 6 nitrogen and oxygen atoms in total. The first-order valence-corrected chi connectivity index (χ1v) is 8.21. The van der Waals surface area contributed by atoms with E-state index in [1.54, 1.807) is 0 Å². The number of ether oxygens (including phenoxy) is 1. The molecule has 1 aromatic carbocycles. The Morgan fingerprint density at radius 3 is 2.43 bits per heavy atom. The number of esters is 1. The number of hydrogen-bond donors (Lipinski definition) is 2. The number of sulfonamides is 1. The maximum atomic E-state index is 12.4. The number of nitrogen functional groups attached to an aromatic ring is 1. The van der Waals surface area contributed by atoms with E-state index in [-0.39, 0.29) is 28.1 Å². The number of benzene rings is 1. The molecule has 21 heavy (non-hydrogen) atoms. The third-order valence-electron chi connectivity index (χ3n) is 3.27. The molecule has 0 bridgehead atoms. The molecule has 7 heteroatoms. The molecule has 0 spiro atoms. The summed E-state index contributed by atoms with van der Waals surface area (Å²) in [5.41, 5.74) is 6.00. The third kappa shape index (κ3) is 4.18. The van der Waals surface area contributed by atoms with Crippen molar-refractivity contribution in [1.82, 2.24) is 4.72 Å². The monoisotopic (exact) mass is 314 g/mol. The van der Waals surface area contributed by atoms with Gasteiger partial charge < -0.3 is 10.5 Å². The molecule has 0 saturated heterocycles. The van der Waals surface area contributed by atoms with Crippen molar-refractivity contribution in [3.05, 3.63) is 23.8 Å². The van der Waals surface area contributed by atoms with Crippen LogP contribution in [-0.4, -0.2) is 27.5 Å². The largest absolute Gasteiger partial charge is 0.465 e. The second-order valence-corrected chi connectivity index (χ2v) is 6.81. The Morgan fingerprint density at radius 2 is 2.00 bits per heavy atom. The third-order valence-corrected chi connectivity index (χ3v) is 4.84. The summed E-state index contributed by atoms with van der Waals surface area (Å²) in [6.07, 6.45) is 0.678. The van der Waals surface area contributed by atoms with Gasteiger partial charge in [-0.25, -0.2) is 17.9 Å². The zero-order valence-electron chi connectivity index (χ0n) is 12.7. The molecule has 0 aliphatic carbocycles. The molecule has 118 valence electrons. The highest BCUT2D eigenvalue weighted by atomic mass is 32.2. The summed E-state index contributed by atoms with van der Waals surface area (Å²) < 4.78 is 31.9. The number of nitrogens with two attached hydrogens (primary N) is 1. The van der Waals surface area contributed by atoms with Crippen molar-refractivity contribution in [3.63, 3.8) is 0 Å². The van der Waals surface area contributed by atoms with Gasteiger partial charge in [0.15, 0.2) is 0 Å². The predicted molar refractivity (Wildman–Crippen MR) is 81.4 cm³/mol. The lowest BCUT2D eigenvalue weighted by Gasteiger charge is -2.21. The van der Waals surface area contributed by atoms with Crippen molar-refractivity contribution < 1.29 is 17.9 Å². The minimum absolute atomic E-state index is 0.0176. The lowest BCUT2D eigenvalue weighted by atomic mass is 10.0. The zero-order chi connectivity index (χ0) is 16.2. The topological polar surface area (TPSA) is 98.5 Å². The van der Waals surface area contributed by atoms with Gasteiger partial charge in [-0.15, -0.1) is 0 Å². The minimum Gasteiger partial charge on any atom is -0.465 e. The van der Waals surface area contributed by atoms with E-state index in [2.05, 4.69) is 9.46 Å². The van der Waals surface area contributed by atoms with Gasteiger partial charge in [-0.2, -0.15) is 0 Å². The number of methoxy groups -OCH3 is 1. The molecule has 0 saturated carbocycles. The summed E-state index contributed by atoms with van der Waals surface area (Å²) in [4.78, 5) is 11.4. The van der Waals surface area contributed by atoms with Crippen LogP contribution in [0.15, 0.2) is 23.1 Å². The molecule has 0 amide bonds. The van der Waals surface area contributed by atoms with Crippen LogP contribution in [0.3, 0.4) is 0 Å². The molecule has 0 fully saturated rings. The average molecular weight is 314 g/mol. The van der Waals surface area contributed by atoms with Crippen LogP contribution in [0.5, 0.6) is 0 Å². The molecule has 1 rings (SSSR count). The van der Waals surface area contributed by atoms with Crippen LogP contribution in [-0.2, 0) is 14.8 Å². The minimum atomic E-state index is -3.72. The number of carbonyl (C=O) groups is 1. The van der Waals surface area contributed by atoms with E-state index in [1.165, 1.54) is 25.3 Å². The standard InChI is InChI=1S/C14H22N2O4S/c1-5-12(9(2)3)16-21(18,19)13-7-6-10(8-11(13)15)14(17)20-4/h6-9,12,16H,5,15H2,1-4H3. The number of nitrogens with one attached hydrogen (secondary N) is 1. The lowest BCUT2D eigenvalue weighted by molar-refractivity contribution is 0.0600. The van der Waals surface area contributed by atoms with Crippen LogP contribution < -0.4 is 10.5 Å². The molecule has 1 atom stereocenters. The first-order chi connectivity index (χ1) is 9.72. The van der Waals surface area contributed by atoms with Crippen molar-refractivity contribution in [2.24, 2.45) is 5.92 Å². The second kappa shape index (κ2) is 6.91. The van der Waals surface area contributed by atoms with E-state index in [0.717, 1.165) is 0 Å². The molecule has 0 radical (unpaired) electrons. The molecule has 1 unspecified atom stereocenters. The maximum Gasteiger partial charge on any atom is 0.337 e. The Bertz CT molecular complexity index is 611. The Balaban J connectivity index is 3.12. The van der Waals surface area contributed by atoms with Gasteiger partial charge in [0, 0.05) is 6.04 Å². The van der Waals surface area contributed by atoms with Crippen molar-refractivity contribution >= 4 is 21.7 Å². The molecule has 1 aromatic rings. The predicted octanol–water partition coefficient (Wildman–Crippen LogP) is 1.77. The van der Waals surface area contributed by atoms with Gasteiger partial charge in [-0.1, -0.05) is 20.8 Å². The summed E-state index contributed by atoms with van der Waals surface area (Å²) in [5, 5.41) is 0. The van der Waals surface area contributed by atoms with Crippen LogP contribution in [0, 0.1) is 5.92 Å². The smallest absolute Gasteiger partial charge is 0.337 e. The van der Waals surface area contributed by atoms with E-state index in [1.807, 2.05) is 20.8 Å². The Kier molecular flexibility index (Phi) is 5.74. The average Bonchev–Trinajstić information content (AvgIpc) is 2.43. The molecular formula is C14H22N2O4S. The fourth-order valence-corrected chi connectivity index (χ4v) is 3.57. The Morgan fingerprint density at radius 1 is 1.38 bits per heavy atom. The number of carbonyl (C=O) groups excluding carboxylic acids is 1. The normalized spacial score (nSPS) is 13.2. The SMILES string of the molecule is CCC(NS(=O)(=O)c1ccc(C(=O)OC)cc1N)C(C)C. The molecule has 3 N–H and O–H groups in total. The van der Waals surface area contributed by atoms with Crippen molar-refractivity contribution in [3.8, 4) is 0 Å². The zero-order valence-corrected chi connectivity index (χ0v) is 13.5. The summed E-state index contributed by atoms with van der Waals surface area (Å²) in [6.45, 7) is 5.80. The summed E-state index contributed by atoms with van der Waals surface area (Å²) >= 11 is 0. The van der Waals surface area contributed by atoms with Gasteiger partial charge in [0.1, 0.15) is 4.90 Å². The van der Waals surface area contributed by atoms with Gasteiger partial charge in [0.2, 0.25) is 10.0 Å². The highest BCUT2D eigenvalue weighted by Crippen LogP contribution is 2.21. The lowest BCUT2D eigenvalue weighted by Crippen LogP contribution is -2.38. The first-order valence-electron chi connectivity index (χ1n) is 6.73. The van der Waals surface area contributed by atoms with Gasteiger partial charge in [-0.05, 0) is 30.5 Å². The van der Waals surface area contributed by atoms with E-state index in [0.29, 0.717) is 6.42 Å². The van der Waals surface area contributed by atoms with Gasteiger partial charge >= 0.3 is 5.97 Å². The number of anilines is 1. The van der Waals surface area contributed by atoms with E-state index < -0.39 is 16.0 Å². The summed E-state index contributed by atoms with van der Waals surface area (Å²) in [5.74, 6) is -0.396. The number of rotatable bonds is 6. The summed E-state index contributed by atoms with van der Waals surface area (Å²) in [7, 11) is -2.47. The van der Waals surface area contributed by atoms with Crippen molar-refractivity contribution in [2.75, 3.05) is 12.8 Å². The molecule has 0 aliphatic heterocycles. The van der Waals surface area contributed by atoms with Crippen LogP contribution in [0.25, 0.3) is 0 Å². The fourth-order valence-electron chi connectivity index (χ4n) is 1.99. The summed E-state index contributed by atoms with van der Waals surface area (Å²) in [6, 6.07) is 3.83. The van der Waals surface area contributed by atoms with E-state index >= 15 is 0 Å². The maximum absolute atomic E-state index is 12.4. The van der Waals surface area contributed by atoms with Crippen LogP contribution in [0.1, 0.15) is 37.6 Å². The van der Waals surface area contributed by atoms with Gasteiger partial charge in [0.25, 0.3) is 0 Å². The molecule has 0 aliphatic rings. The van der Waals surface area contributed by atoms with Crippen LogP contribution in [0.2, 0.25) is 0 Å². The Labute approximate surface area is 125 Å². The molecular weight excluding hydrogens is 292 g/mol. The van der Waals surface area contributed by atoms with Crippen LogP contribution in [0.4, 0.5) is 5.69 Å². The molecule has 0 heterocycles. The quantitative estimate of drug-likeness (QED) is 0.616. The van der Waals surface area contributed by atoms with Crippen molar-refractivity contribution in [1.29, 1.82) is 0 Å². The Hall–Kier alpha value is -1.60. The van der Waals surface area contributed by atoms with Gasteiger partial charge in [0.05, 0.1) is 18.4 Å². The van der Waals surface area contributed by atoms with Crippen LogP contribution >= 0.6 is 0 Å². The highest BCUT2D eigenvalue weighted by Gasteiger charge is 2.23. The van der Waals surface area contributed by atoms with Crippen molar-refractivity contribution in [2.45, 2.75) is 38.1 Å². The first kappa shape index (κ1) is 17.5. The number of hydrogen-bond acceptors (Lipinski definition) is 5. The van der Waals surface area contributed by atoms with E-state index in [4.69, 9.17) is 5.73 Å². The fraction of sp³-hybridized carbons (Fsp3) is 0.500. The van der Waals surface area contributed by atoms with E-state index in [9.17, 15) is 13.2 Å².